The van der Waals surface area contributed by atoms with E-state index in [1.165, 1.54) is 32.3 Å². The van der Waals surface area contributed by atoms with Crippen LogP contribution in [0.15, 0.2) is 199 Å². The first-order valence-electron chi connectivity index (χ1n) is 20.3. The van der Waals surface area contributed by atoms with Crippen LogP contribution >= 0.6 is 0 Å². The molecule has 13 rings (SSSR count). The Hall–Kier alpha value is -8.15. The summed E-state index contributed by atoms with van der Waals surface area (Å²) in [5, 5.41) is 13.6. The minimum absolute atomic E-state index is 0.588. The topological polar surface area (TPSA) is 56.7 Å². The Morgan fingerprint density at radius 3 is 1.80 bits per heavy atom. The highest BCUT2D eigenvalue weighted by molar-refractivity contribution is 6.24. The number of aromatic nitrogens is 4. The quantitative estimate of drug-likeness (QED) is 0.179. The first kappa shape index (κ1) is 32.9. The lowest BCUT2D eigenvalue weighted by Gasteiger charge is -2.12. The average molecular weight is 765 g/mol. The molecule has 0 bridgehead atoms. The van der Waals surface area contributed by atoms with Gasteiger partial charge in [-0.1, -0.05) is 152 Å². The maximum absolute atomic E-state index is 6.90. The summed E-state index contributed by atoms with van der Waals surface area (Å²) in [5.41, 5.74) is 7.73. The first-order chi connectivity index (χ1) is 29.7. The number of rotatable bonds is 4. The summed E-state index contributed by atoms with van der Waals surface area (Å²) in [5.74, 6) is 1.82. The molecule has 0 amide bonds. The van der Waals surface area contributed by atoms with Crippen molar-refractivity contribution in [3.05, 3.63) is 194 Å². The van der Waals surface area contributed by atoms with Gasteiger partial charge in [0, 0.05) is 49.3 Å². The van der Waals surface area contributed by atoms with Crippen LogP contribution in [0.2, 0.25) is 0 Å². The van der Waals surface area contributed by atoms with Crippen molar-refractivity contribution in [3.8, 4) is 39.9 Å². The van der Waals surface area contributed by atoms with Crippen molar-refractivity contribution in [1.29, 1.82) is 0 Å². The second-order valence-corrected chi connectivity index (χ2v) is 15.6. The van der Waals surface area contributed by atoms with Gasteiger partial charge in [0.15, 0.2) is 17.5 Å². The second-order valence-electron chi connectivity index (χ2n) is 15.6. The van der Waals surface area contributed by atoms with Gasteiger partial charge in [-0.2, -0.15) is 0 Å². The fourth-order valence-electron chi connectivity index (χ4n) is 9.42. The fourth-order valence-corrected chi connectivity index (χ4v) is 9.42. The molecule has 0 N–H and O–H groups in total. The summed E-state index contributed by atoms with van der Waals surface area (Å²) in [7, 11) is 0. The Kier molecular flexibility index (Phi) is 6.95. The summed E-state index contributed by atoms with van der Waals surface area (Å²) in [4.78, 5) is 15.7. The third-order valence-electron chi connectivity index (χ3n) is 12.2. The normalized spacial score (nSPS) is 12.0. The number of benzene rings is 10. The molecule has 0 spiro atoms. The maximum atomic E-state index is 6.90. The number of fused-ring (bicyclic) bond motifs is 12. The lowest BCUT2D eigenvalue weighted by molar-refractivity contribution is 0.672. The molecular weight excluding hydrogens is 733 g/mol. The molecular formula is C55H32N4O. The molecule has 5 heteroatoms. The van der Waals surface area contributed by atoms with E-state index in [0.717, 1.165) is 76.9 Å². The van der Waals surface area contributed by atoms with Crippen LogP contribution in [-0.2, 0) is 0 Å². The highest BCUT2D eigenvalue weighted by Gasteiger charge is 2.23. The van der Waals surface area contributed by atoms with Gasteiger partial charge in [0.25, 0.3) is 0 Å². The van der Waals surface area contributed by atoms with E-state index in [1.54, 1.807) is 0 Å². The van der Waals surface area contributed by atoms with Crippen molar-refractivity contribution in [1.82, 2.24) is 19.5 Å². The van der Waals surface area contributed by atoms with Gasteiger partial charge in [0.1, 0.15) is 11.2 Å². The predicted octanol–water partition coefficient (Wildman–Crippen LogP) is 14.5. The van der Waals surface area contributed by atoms with E-state index < -0.39 is 0 Å². The van der Waals surface area contributed by atoms with E-state index in [2.05, 4.69) is 180 Å². The highest BCUT2D eigenvalue weighted by Crippen LogP contribution is 2.44. The molecule has 13 aromatic rings. The fraction of sp³-hybridized carbons (Fsp3) is 0. The minimum atomic E-state index is 0.588. The van der Waals surface area contributed by atoms with Gasteiger partial charge in [0.05, 0.1) is 11.0 Å². The monoisotopic (exact) mass is 764 g/mol. The third-order valence-corrected chi connectivity index (χ3v) is 12.2. The molecule has 0 aliphatic carbocycles. The van der Waals surface area contributed by atoms with E-state index in [1.807, 2.05) is 18.2 Å². The Morgan fingerprint density at radius 2 is 0.983 bits per heavy atom. The van der Waals surface area contributed by atoms with E-state index in [4.69, 9.17) is 19.4 Å². The molecule has 10 aromatic carbocycles. The van der Waals surface area contributed by atoms with Crippen molar-refractivity contribution in [3.63, 3.8) is 0 Å². The molecule has 0 saturated heterocycles. The van der Waals surface area contributed by atoms with E-state index >= 15 is 0 Å². The van der Waals surface area contributed by atoms with Crippen LogP contribution in [0, 0.1) is 0 Å². The molecule has 278 valence electrons. The van der Waals surface area contributed by atoms with Crippen LogP contribution in [0.1, 0.15) is 0 Å². The summed E-state index contributed by atoms with van der Waals surface area (Å²) >= 11 is 0. The Morgan fingerprint density at radius 1 is 0.350 bits per heavy atom. The number of hydrogen-bond acceptors (Lipinski definition) is 4. The van der Waals surface area contributed by atoms with Gasteiger partial charge < -0.3 is 8.98 Å². The van der Waals surface area contributed by atoms with Crippen LogP contribution in [0.5, 0.6) is 0 Å². The van der Waals surface area contributed by atoms with Gasteiger partial charge in [-0.15, -0.1) is 0 Å². The molecule has 0 radical (unpaired) electrons. The second kappa shape index (κ2) is 12.7. The van der Waals surface area contributed by atoms with Gasteiger partial charge in [-0.05, 0) is 80.2 Å². The predicted molar refractivity (Wildman–Crippen MR) is 248 cm³/mol. The van der Waals surface area contributed by atoms with Crippen molar-refractivity contribution in [2.24, 2.45) is 0 Å². The Bertz CT molecular complexity index is 3890. The minimum Gasteiger partial charge on any atom is -0.455 e. The molecule has 3 aromatic heterocycles. The average Bonchev–Trinajstić information content (AvgIpc) is 3.86. The molecule has 0 aliphatic heterocycles. The zero-order valence-corrected chi connectivity index (χ0v) is 32.2. The Labute approximate surface area is 343 Å². The van der Waals surface area contributed by atoms with E-state index in [-0.39, 0.29) is 0 Å². The molecule has 0 unspecified atom stereocenters. The summed E-state index contributed by atoms with van der Waals surface area (Å²) in [6, 6.07) is 68.6. The third kappa shape index (κ3) is 4.90. The molecule has 0 aliphatic rings. The highest BCUT2D eigenvalue weighted by atomic mass is 16.3. The van der Waals surface area contributed by atoms with Crippen LogP contribution in [0.25, 0.3) is 127 Å². The zero-order valence-electron chi connectivity index (χ0n) is 32.2. The number of furan rings is 1. The summed E-state index contributed by atoms with van der Waals surface area (Å²) in [6.07, 6.45) is 0. The standard InChI is InChI=1S/C55H32N4O/c1-2-15-35(16-3-1)53-56-54(43-24-12-20-33-13-6-9-21-40(33)43)58-55(57-53)46-30-38-19-8-11-23-42(38)52-51(46)45-32-39(26-28-49(45)60-52)59-47-27-25-34-14-7-10-22-41(34)50(47)44-29-36-17-4-5-18-37(36)31-48(44)59/h1-32H. The molecule has 60 heavy (non-hydrogen) atoms. The molecule has 5 nitrogen and oxygen atoms in total. The van der Waals surface area contributed by atoms with Crippen molar-refractivity contribution in [2.45, 2.75) is 0 Å². The summed E-state index contributed by atoms with van der Waals surface area (Å²) < 4.78 is 9.31. The maximum Gasteiger partial charge on any atom is 0.164 e. The van der Waals surface area contributed by atoms with Gasteiger partial charge in [0.2, 0.25) is 0 Å². The lowest BCUT2D eigenvalue weighted by Crippen LogP contribution is -2.01. The summed E-state index contributed by atoms with van der Waals surface area (Å²) in [6.45, 7) is 0. The van der Waals surface area contributed by atoms with Crippen LogP contribution in [0.3, 0.4) is 0 Å². The van der Waals surface area contributed by atoms with E-state index in [0.29, 0.717) is 17.5 Å². The zero-order chi connectivity index (χ0) is 39.3. The van der Waals surface area contributed by atoms with Crippen molar-refractivity contribution < 1.29 is 4.42 Å². The Balaban J connectivity index is 1.13. The van der Waals surface area contributed by atoms with E-state index in [9.17, 15) is 0 Å². The van der Waals surface area contributed by atoms with Crippen LogP contribution in [-0.4, -0.2) is 19.5 Å². The largest absolute Gasteiger partial charge is 0.455 e. The van der Waals surface area contributed by atoms with Crippen LogP contribution in [0.4, 0.5) is 0 Å². The van der Waals surface area contributed by atoms with Gasteiger partial charge in [-0.3, -0.25) is 0 Å². The van der Waals surface area contributed by atoms with Crippen molar-refractivity contribution >= 4 is 86.8 Å². The van der Waals surface area contributed by atoms with Gasteiger partial charge in [-0.25, -0.2) is 15.0 Å². The smallest absolute Gasteiger partial charge is 0.164 e. The molecule has 0 saturated carbocycles. The molecule has 3 heterocycles. The SMILES string of the molecule is c1ccc(-c2nc(-c3cccc4ccccc34)nc(-c3cc4ccccc4c4oc5ccc(-n6c7cc8ccccc8cc7c7c8ccccc8ccc76)cc5c34)n2)cc1. The van der Waals surface area contributed by atoms with Gasteiger partial charge >= 0.3 is 0 Å². The molecule has 0 fully saturated rings. The lowest BCUT2D eigenvalue weighted by atomic mass is 9.99. The number of nitrogens with zero attached hydrogens (tertiary/aromatic N) is 4. The number of hydrogen-bond donors (Lipinski definition) is 0. The van der Waals surface area contributed by atoms with Crippen LogP contribution < -0.4 is 0 Å². The molecule has 0 atom stereocenters. The van der Waals surface area contributed by atoms with Crippen molar-refractivity contribution in [2.75, 3.05) is 0 Å². The first-order valence-corrected chi connectivity index (χ1v) is 20.3.